The first kappa shape index (κ1) is 47.3. The summed E-state index contributed by atoms with van der Waals surface area (Å²) < 4.78 is 75.6. The van der Waals surface area contributed by atoms with Crippen LogP contribution in [0.2, 0.25) is 0 Å². The molecular formula is C46H42F4N10O8. The van der Waals surface area contributed by atoms with Gasteiger partial charge in [-0.05, 0) is 48.4 Å². The van der Waals surface area contributed by atoms with Gasteiger partial charge in [-0.3, -0.25) is 24.0 Å². The number of ether oxygens (including phenoxy) is 3. The van der Waals surface area contributed by atoms with Crippen LogP contribution in [0.25, 0.3) is 27.7 Å². The number of rotatable bonds is 18. The molecule has 7 rings (SSSR count). The maximum absolute atomic E-state index is 14.6. The van der Waals surface area contributed by atoms with E-state index in [-0.39, 0.29) is 107 Å². The van der Waals surface area contributed by atoms with Crippen LogP contribution in [0.15, 0.2) is 102 Å². The van der Waals surface area contributed by atoms with Gasteiger partial charge < -0.3 is 46.6 Å². The van der Waals surface area contributed by atoms with Gasteiger partial charge in [0.2, 0.25) is 5.91 Å². The van der Waals surface area contributed by atoms with E-state index in [4.69, 9.17) is 25.7 Å². The molecule has 0 bridgehead atoms. The number of pyridine rings is 1. The predicted molar refractivity (Wildman–Crippen MR) is 240 cm³/mol. The van der Waals surface area contributed by atoms with Crippen molar-refractivity contribution < 1.29 is 51.0 Å². The summed E-state index contributed by atoms with van der Waals surface area (Å²) in [6.45, 7) is 0.278. The number of hydrogen-bond donors (Lipinski definition) is 6. The molecule has 3 aromatic heterocycles. The molecule has 18 nitrogen and oxygen atoms in total. The van der Waals surface area contributed by atoms with Gasteiger partial charge in [-0.2, -0.15) is 23.4 Å². The molecule has 3 heterocycles. The van der Waals surface area contributed by atoms with E-state index in [1.807, 2.05) is 0 Å². The molecule has 22 heteroatoms. The summed E-state index contributed by atoms with van der Waals surface area (Å²) in [6, 6.07) is 20.2. The van der Waals surface area contributed by atoms with E-state index >= 15 is 0 Å². The number of carbonyl (C=O) groups excluding carboxylic acids is 4. The van der Waals surface area contributed by atoms with Crippen molar-refractivity contribution in [1.82, 2.24) is 35.2 Å². The predicted octanol–water partition coefficient (Wildman–Crippen LogP) is 5.59. The number of methoxy groups -OCH3 is 2. The van der Waals surface area contributed by atoms with E-state index in [2.05, 4.69) is 31.1 Å². The zero-order chi connectivity index (χ0) is 48.7. The van der Waals surface area contributed by atoms with Gasteiger partial charge in [0.15, 0.2) is 5.69 Å². The fourth-order valence-corrected chi connectivity index (χ4v) is 7.22. The van der Waals surface area contributed by atoms with Crippen molar-refractivity contribution in [3.05, 3.63) is 141 Å². The normalized spacial score (nSPS) is 11.3. The van der Waals surface area contributed by atoms with E-state index in [0.717, 1.165) is 12.3 Å². The Kier molecular flexibility index (Phi) is 14.1. The minimum atomic E-state index is -5.03. The van der Waals surface area contributed by atoms with Crippen LogP contribution >= 0.6 is 0 Å². The van der Waals surface area contributed by atoms with Crippen molar-refractivity contribution in [3.8, 4) is 34.2 Å². The largest absolute Gasteiger partial charge is 0.497 e. The monoisotopic (exact) mass is 938 g/mol. The molecule has 8 N–H and O–H groups in total. The summed E-state index contributed by atoms with van der Waals surface area (Å²) in [4.78, 5) is 66.1. The molecule has 0 saturated heterocycles. The Bertz CT molecular complexity index is 3090. The third kappa shape index (κ3) is 10.5. The van der Waals surface area contributed by atoms with Gasteiger partial charge in [-0.15, -0.1) is 0 Å². The number of amides is 4. The molecule has 0 aliphatic rings. The quantitative estimate of drug-likeness (QED) is 0.0457. The number of nitrogens with zero attached hydrogens (tertiary/aromatic N) is 4. The van der Waals surface area contributed by atoms with Crippen molar-refractivity contribution in [3.63, 3.8) is 0 Å². The highest BCUT2D eigenvalue weighted by Gasteiger charge is 2.41. The molecule has 0 aliphatic heterocycles. The Morgan fingerprint density at radius 1 is 0.868 bits per heavy atom. The molecule has 0 atom stereocenters. The smallest absolute Gasteiger partial charge is 0.434 e. The third-order valence-electron chi connectivity index (χ3n) is 10.5. The van der Waals surface area contributed by atoms with Crippen molar-refractivity contribution >= 4 is 45.9 Å². The zero-order valence-corrected chi connectivity index (χ0v) is 36.2. The second-order valence-corrected chi connectivity index (χ2v) is 14.9. The number of primary amides is 1. The number of fused-ring (bicyclic) bond motifs is 1. The number of alkyl halides is 3. The number of aromatic amines is 1. The fraction of sp³-hybridized carbons (Fsp3) is 0.196. The maximum Gasteiger partial charge on any atom is 0.434 e. The van der Waals surface area contributed by atoms with Gasteiger partial charge in [-0.1, -0.05) is 30.3 Å². The summed E-state index contributed by atoms with van der Waals surface area (Å²) in [7, 11) is 2.72. The van der Waals surface area contributed by atoms with Crippen LogP contribution in [0.5, 0.6) is 17.2 Å². The Hall–Kier alpha value is -8.69. The topological polar surface area (TPSA) is 253 Å². The van der Waals surface area contributed by atoms with Crippen LogP contribution in [0.1, 0.15) is 55.2 Å². The number of benzene rings is 4. The Balaban J connectivity index is 0.919. The highest BCUT2D eigenvalue weighted by Crippen LogP contribution is 2.36. The lowest BCUT2D eigenvalue weighted by Crippen LogP contribution is -2.28. The minimum absolute atomic E-state index is 0.0139. The van der Waals surface area contributed by atoms with Crippen LogP contribution in [0.3, 0.4) is 0 Å². The van der Waals surface area contributed by atoms with Crippen LogP contribution < -0.4 is 47.2 Å². The number of H-pyrrole nitrogens is 1. The zero-order valence-electron chi connectivity index (χ0n) is 36.2. The summed E-state index contributed by atoms with van der Waals surface area (Å²) in [5.74, 6) is -2.82. The van der Waals surface area contributed by atoms with Crippen LogP contribution in [-0.2, 0) is 24.1 Å². The van der Waals surface area contributed by atoms with E-state index in [0.29, 0.717) is 15.8 Å². The number of anilines is 2. The summed E-state index contributed by atoms with van der Waals surface area (Å²) >= 11 is 0. The van der Waals surface area contributed by atoms with E-state index in [1.165, 1.54) is 79.7 Å². The second-order valence-electron chi connectivity index (χ2n) is 14.9. The van der Waals surface area contributed by atoms with Crippen molar-refractivity contribution in [2.75, 3.05) is 38.4 Å². The highest BCUT2D eigenvalue weighted by molar-refractivity contribution is 6.06. The number of nitrogen functional groups attached to an aromatic ring is 1. The number of halogens is 4. The van der Waals surface area contributed by atoms with Gasteiger partial charge >= 0.3 is 6.18 Å². The maximum atomic E-state index is 14.6. The number of nitrogens with two attached hydrogens (primary N) is 2. The first-order valence-electron chi connectivity index (χ1n) is 20.6. The average Bonchev–Trinajstić information content (AvgIpc) is 3.92. The van der Waals surface area contributed by atoms with E-state index < -0.39 is 46.5 Å². The first-order chi connectivity index (χ1) is 32.6. The van der Waals surface area contributed by atoms with Gasteiger partial charge in [0.25, 0.3) is 23.3 Å². The summed E-state index contributed by atoms with van der Waals surface area (Å²) in [5, 5.41) is 16.6. The van der Waals surface area contributed by atoms with Crippen molar-refractivity contribution in [1.29, 1.82) is 0 Å². The van der Waals surface area contributed by atoms with Crippen LogP contribution in [0, 0.1) is 5.82 Å². The van der Waals surface area contributed by atoms with Gasteiger partial charge in [0.1, 0.15) is 40.1 Å². The summed E-state index contributed by atoms with van der Waals surface area (Å²) in [5.41, 5.74) is 10.7. The summed E-state index contributed by atoms with van der Waals surface area (Å²) in [6.07, 6.45) is -2.69. The lowest BCUT2D eigenvalue weighted by Gasteiger charge is -2.15. The van der Waals surface area contributed by atoms with Gasteiger partial charge in [0.05, 0.1) is 50.4 Å². The van der Waals surface area contributed by atoms with Crippen LogP contribution in [-0.4, -0.2) is 75.5 Å². The Morgan fingerprint density at radius 2 is 1.63 bits per heavy atom. The Morgan fingerprint density at radius 3 is 2.35 bits per heavy atom. The average molecular weight is 939 g/mol. The lowest BCUT2D eigenvalue weighted by atomic mass is 10.0. The van der Waals surface area contributed by atoms with Gasteiger partial charge in [0, 0.05) is 65.9 Å². The number of aromatic nitrogens is 5. The van der Waals surface area contributed by atoms with Crippen molar-refractivity contribution in [2.24, 2.45) is 5.73 Å². The minimum Gasteiger partial charge on any atom is -0.497 e. The molecular weight excluding hydrogens is 897 g/mol. The molecule has 4 amide bonds. The van der Waals surface area contributed by atoms with Gasteiger partial charge in [-0.25, -0.2) is 13.8 Å². The Labute approximate surface area is 383 Å². The molecule has 4 aromatic carbocycles. The molecule has 352 valence electrons. The number of nitrogens with one attached hydrogen (secondary N) is 4. The lowest BCUT2D eigenvalue weighted by molar-refractivity contribution is -0.143. The molecule has 0 saturated carbocycles. The molecule has 0 spiro atoms. The number of hydrogen-bond acceptors (Lipinski definition) is 11. The standard InChI is InChI=1S/C46H42F4N10O8/c1-66-29-20-28(57-45(65)34-24-56-60(40(34)46(48,49)50)35-6-3-5-32-31(35)14-15-54-43(32)63)21-30(22-29)68-18-4-7-37(61)53-16-17-59-41(51)38(42(52)62)39(58-59)26-10-8-25(9-11-26)23-55-44(64)33-19-27(47)12-13-36(33)67-2/h3,5-6,8-15,19-22,24H,4,7,16-18,23,51H2,1-2H3,(H2,52,62)(H,53,61)(H,54,63)(H,55,64)(H,57,65). The first-order valence-corrected chi connectivity index (χ1v) is 20.6. The number of carbonyl (C=O) groups is 4. The highest BCUT2D eigenvalue weighted by atomic mass is 19.4. The molecule has 0 fully saturated rings. The molecule has 0 radical (unpaired) electrons. The molecule has 0 aliphatic carbocycles. The SMILES string of the molecule is COc1cc(NC(=O)c2cnn(-c3cccc4c(=O)[nH]ccc34)c2C(F)(F)F)cc(OCCCC(=O)NCCn2nc(-c3ccc(CNC(=O)c4cc(F)ccc4OC)cc3)c(C(N)=O)c2N)c1. The van der Waals surface area contributed by atoms with E-state index in [1.54, 1.807) is 24.3 Å². The molecule has 0 unspecified atom stereocenters. The fourth-order valence-electron chi connectivity index (χ4n) is 7.22. The van der Waals surface area contributed by atoms with Crippen LogP contribution in [0.4, 0.5) is 29.1 Å². The third-order valence-corrected chi connectivity index (χ3v) is 10.5. The van der Waals surface area contributed by atoms with Crippen molar-refractivity contribution in [2.45, 2.75) is 32.1 Å². The molecule has 68 heavy (non-hydrogen) atoms. The second kappa shape index (κ2) is 20.2. The molecule has 7 aromatic rings. The van der Waals surface area contributed by atoms with E-state index in [9.17, 15) is 41.5 Å².